The van der Waals surface area contributed by atoms with Gasteiger partial charge in [0.05, 0.1) is 6.04 Å². The molecule has 1 saturated heterocycles. The van der Waals surface area contributed by atoms with Gasteiger partial charge in [-0.2, -0.15) is 0 Å². The van der Waals surface area contributed by atoms with Crippen LogP contribution in [0.1, 0.15) is 40.0 Å². The molecule has 0 saturated carbocycles. The van der Waals surface area contributed by atoms with Gasteiger partial charge in [0.25, 0.3) is 0 Å². The van der Waals surface area contributed by atoms with E-state index in [-0.39, 0.29) is 18.0 Å². The van der Waals surface area contributed by atoms with Gasteiger partial charge in [-0.3, -0.25) is 15.0 Å². The molecule has 0 radical (unpaired) electrons. The fourth-order valence-corrected chi connectivity index (χ4v) is 2.58. The average molecular weight is 284 g/mol. The maximum Gasteiger partial charge on any atom is 0.321 e. The van der Waals surface area contributed by atoms with Gasteiger partial charge in [0.2, 0.25) is 5.91 Å². The Bertz CT molecular complexity index is 327. The number of carbonyl (C=O) groups is 2. The summed E-state index contributed by atoms with van der Waals surface area (Å²) >= 11 is 0. The first-order valence-corrected chi connectivity index (χ1v) is 7.47. The van der Waals surface area contributed by atoms with Crippen molar-refractivity contribution in [2.24, 2.45) is 0 Å². The summed E-state index contributed by atoms with van der Waals surface area (Å²) in [5.74, 6) is -0.256. The number of urea groups is 1. The molecule has 1 aliphatic rings. The number of nitrogens with one attached hydrogen (secondary N) is 3. The van der Waals surface area contributed by atoms with Crippen LogP contribution in [-0.4, -0.2) is 55.1 Å². The van der Waals surface area contributed by atoms with Crippen LogP contribution in [-0.2, 0) is 4.79 Å². The Hall–Kier alpha value is -1.14. The highest BCUT2D eigenvalue weighted by Gasteiger charge is 2.27. The topological polar surface area (TPSA) is 73.5 Å². The van der Waals surface area contributed by atoms with Gasteiger partial charge >= 0.3 is 6.03 Å². The quantitative estimate of drug-likeness (QED) is 0.694. The minimum absolute atomic E-state index is 0.254. The lowest BCUT2D eigenvalue weighted by Crippen LogP contribution is -2.55. The van der Waals surface area contributed by atoms with E-state index in [1.54, 1.807) is 0 Å². The smallest absolute Gasteiger partial charge is 0.321 e. The predicted molar refractivity (Wildman–Crippen MR) is 79.5 cm³/mol. The van der Waals surface area contributed by atoms with Gasteiger partial charge in [0.1, 0.15) is 0 Å². The van der Waals surface area contributed by atoms with Crippen molar-refractivity contribution in [3.05, 3.63) is 0 Å². The zero-order valence-corrected chi connectivity index (χ0v) is 13.0. The Morgan fingerprint density at radius 1 is 1.30 bits per heavy atom. The van der Waals surface area contributed by atoms with Crippen molar-refractivity contribution in [3.8, 4) is 0 Å². The molecule has 6 nitrogen and oxygen atoms in total. The molecular formula is C14H28N4O2. The molecule has 0 spiro atoms. The number of hydrogen-bond donors (Lipinski definition) is 3. The van der Waals surface area contributed by atoms with Crippen LogP contribution in [0.15, 0.2) is 0 Å². The molecule has 1 heterocycles. The minimum Gasteiger partial charge on any atom is -0.341 e. The zero-order chi connectivity index (χ0) is 15.1. The molecule has 2 atom stereocenters. The molecule has 3 N–H and O–H groups in total. The normalized spacial score (nSPS) is 20.8. The van der Waals surface area contributed by atoms with E-state index >= 15 is 0 Å². The number of hydrogen-bond acceptors (Lipinski definition) is 4. The highest BCUT2D eigenvalue weighted by atomic mass is 16.2. The third-order valence-electron chi connectivity index (χ3n) is 3.85. The van der Waals surface area contributed by atoms with Gasteiger partial charge in [-0.1, -0.05) is 6.42 Å². The van der Waals surface area contributed by atoms with E-state index in [1.165, 1.54) is 19.9 Å². The second-order valence-electron chi connectivity index (χ2n) is 5.68. The Labute approximate surface area is 121 Å². The van der Waals surface area contributed by atoms with Crippen LogP contribution in [0.25, 0.3) is 0 Å². The van der Waals surface area contributed by atoms with Crippen molar-refractivity contribution in [1.82, 2.24) is 20.9 Å². The van der Waals surface area contributed by atoms with Gasteiger partial charge in [-0.05, 0) is 40.2 Å². The predicted octanol–water partition coefficient (Wildman–Crippen LogP) is 0.683. The van der Waals surface area contributed by atoms with E-state index < -0.39 is 6.03 Å². The number of carbonyl (C=O) groups excluding carboxylic acids is 2. The van der Waals surface area contributed by atoms with Crippen molar-refractivity contribution in [1.29, 1.82) is 0 Å². The molecular weight excluding hydrogens is 256 g/mol. The lowest BCUT2D eigenvalue weighted by atomic mass is 10.0. The molecule has 0 aromatic rings. The number of rotatable bonds is 5. The van der Waals surface area contributed by atoms with Crippen LogP contribution in [0, 0.1) is 0 Å². The zero-order valence-electron chi connectivity index (χ0n) is 13.0. The Balaban J connectivity index is 2.59. The van der Waals surface area contributed by atoms with E-state index in [2.05, 4.69) is 34.7 Å². The van der Waals surface area contributed by atoms with E-state index in [0.717, 1.165) is 19.5 Å². The molecule has 1 aliphatic heterocycles. The monoisotopic (exact) mass is 284 g/mol. The fraction of sp³-hybridized carbons (Fsp3) is 0.857. The van der Waals surface area contributed by atoms with Crippen LogP contribution in [0.3, 0.4) is 0 Å². The van der Waals surface area contributed by atoms with E-state index in [4.69, 9.17) is 0 Å². The van der Waals surface area contributed by atoms with Crippen molar-refractivity contribution in [3.63, 3.8) is 0 Å². The first-order chi connectivity index (χ1) is 9.45. The van der Waals surface area contributed by atoms with Crippen molar-refractivity contribution >= 4 is 11.9 Å². The number of nitrogens with zero attached hydrogens (tertiary/aromatic N) is 1. The second kappa shape index (κ2) is 8.21. The molecule has 6 heteroatoms. The van der Waals surface area contributed by atoms with E-state index in [9.17, 15) is 9.59 Å². The number of imide groups is 1. The molecule has 116 valence electrons. The summed E-state index contributed by atoms with van der Waals surface area (Å²) in [5.41, 5.74) is 0. The van der Waals surface area contributed by atoms with Crippen molar-refractivity contribution < 1.29 is 9.59 Å². The fourth-order valence-electron chi connectivity index (χ4n) is 2.58. The van der Waals surface area contributed by atoms with Gasteiger partial charge in [0, 0.05) is 25.7 Å². The Morgan fingerprint density at radius 3 is 2.50 bits per heavy atom. The number of amides is 3. The SMILES string of the molecule is CNC(=O)NC(=O)C(C)N(CC1CCCCN1)C(C)C. The summed E-state index contributed by atoms with van der Waals surface area (Å²) in [6.45, 7) is 7.88. The first kappa shape index (κ1) is 16.9. The molecule has 1 rings (SSSR count). The first-order valence-electron chi connectivity index (χ1n) is 7.47. The minimum atomic E-state index is -0.457. The summed E-state index contributed by atoms with van der Waals surface area (Å²) in [4.78, 5) is 25.4. The summed E-state index contributed by atoms with van der Waals surface area (Å²) in [7, 11) is 1.50. The molecule has 1 fully saturated rings. The molecule has 20 heavy (non-hydrogen) atoms. The highest BCUT2D eigenvalue weighted by Crippen LogP contribution is 2.13. The third kappa shape index (κ3) is 5.09. The maximum atomic E-state index is 12.1. The molecule has 3 amide bonds. The van der Waals surface area contributed by atoms with Crippen LogP contribution in [0.5, 0.6) is 0 Å². The second-order valence-corrected chi connectivity index (χ2v) is 5.68. The molecule has 0 bridgehead atoms. The molecule has 0 aromatic carbocycles. The lowest BCUT2D eigenvalue weighted by molar-refractivity contribution is -0.125. The van der Waals surface area contributed by atoms with E-state index in [1.807, 2.05) is 6.92 Å². The molecule has 2 unspecified atom stereocenters. The standard InChI is InChI=1S/C14H28N4O2/c1-10(2)18(9-12-7-5-6-8-16-12)11(3)13(19)17-14(20)15-4/h10-12,16H,5-9H2,1-4H3,(H2,15,17,19,20). The van der Waals surface area contributed by atoms with Crippen LogP contribution in [0.4, 0.5) is 4.79 Å². The van der Waals surface area contributed by atoms with Crippen LogP contribution < -0.4 is 16.0 Å². The van der Waals surface area contributed by atoms with Crippen molar-refractivity contribution in [2.75, 3.05) is 20.1 Å². The highest BCUT2D eigenvalue weighted by molar-refractivity contribution is 5.96. The number of piperidine rings is 1. The van der Waals surface area contributed by atoms with Gasteiger partial charge in [0.15, 0.2) is 0 Å². The summed E-state index contributed by atoms with van der Waals surface area (Å²) in [5, 5.41) is 8.25. The maximum absolute atomic E-state index is 12.1. The average Bonchev–Trinajstić information content (AvgIpc) is 2.44. The third-order valence-corrected chi connectivity index (χ3v) is 3.85. The summed E-state index contributed by atoms with van der Waals surface area (Å²) < 4.78 is 0. The largest absolute Gasteiger partial charge is 0.341 e. The Morgan fingerprint density at radius 2 is 2.00 bits per heavy atom. The van der Waals surface area contributed by atoms with Gasteiger partial charge in [-0.25, -0.2) is 4.79 Å². The molecule has 0 aliphatic carbocycles. The van der Waals surface area contributed by atoms with E-state index in [0.29, 0.717) is 6.04 Å². The van der Waals surface area contributed by atoms with Crippen LogP contribution in [0.2, 0.25) is 0 Å². The van der Waals surface area contributed by atoms with Crippen LogP contribution >= 0.6 is 0 Å². The summed E-state index contributed by atoms with van der Waals surface area (Å²) in [6, 6.07) is -0.0945. The summed E-state index contributed by atoms with van der Waals surface area (Å²) in [6.07, 6.45) is 3.61. The Kier molecular flexibility index (Phi) is 6.95. The van der Waals surface area contributed by atoms with Gasteiger partial charge < -0.3 is 10.6 Å². The van der Waals surface area contributed by atoms with Gasteiger partial charge in [-0.15, -0.1) is 0 Å². The van der Waals surface area contributed by atoms with Crippen molar-refractivity contribution in [2.45, 2.75) is 58.2 Å². The lowest BCUT2D eigenvalue weighted by Gasteiger charge is -2.36. The molecule has 0 aromatic heterocycles.